The van der Waals surface area contributed by atoms with Crippen LogP contribution in [-0.4, -0.2) is 15.8 Å². The number of rotatable bonds is 5. The first-order chi connectivity index (χ1) is 14.4. The van der Waals surface area contributed by atoms with E-state index in [1.54, 1.807) is 6.21 Å². The zero-order valence-corrected chi connectivity index (χ0v) is 16.2. The second-order valence-electron chi connectivity index (χ2n) is 7.01. The Morgan fingerprint density at radius 1 is 1.03 bits per heavy atom. The number of hydrogen-bond acceptors (Lipinski definition) is 3. The molecule has 0 spiro atoms. The molecule has 0 aliphatic carbocycles. The Morgan fingerprint density at radius 3 is 2.50 bits per heavy atom. The van der Waals surface area contributed by atoms with E-state index in [-0.39, 0.29) is 5.82 Å². The van der Waals surface area contributed by atoms with Crippen LogP contribution in [-0.2, 0) is 12.7 Å². The number of pyridine rings is 1. The normalized spacial score (nSPS) is 12.0. The summed E-state index contributed by atoms with van der Waals surface area (Å²) in [5.74, 6) is 0.239. The van der Waals surface area contributed by atoms with Crippen LogP contribution in [0.5, 0.6) is 0 Å². The van der Waals surface area contributed by atoms with E-state index < -0.39 is 11.7 Å². The third-order valence-corrected chi connectivity index (χ3v) is 4.77. The first-order valence-corrected chi connectivity index (χ1v) is 9.36. The smallest absolute Gasteiger partial charge is 0.342 e. The van der Waals surface area contributed by atoms with Gasteiger partial charge in [-0.05, 0) is 30.7 Å². The maximum atomic E-state index is 12.6. The fraction of sp³-hybridized carbons (Fsp3) is 0.130. The van der Waals surface area contributed by atoms with Crippen molar-refractivity contribution in [1.82, 2.24) is 9.55 Å². The molecule has 0 aliphatic heterocycles. The third-order valence-electron chi connectivity index (χ3n) is 4.77. The zero-order valence-electron chi connectivity index (χ0n) is 16.2. The number of nitrogens with one attached hydrogen (secondary N) is 1. The molecule has 4 aromatic rings. The van der Waals surface area contributed by atoms with Crippen LogP contribution in [0.3, 0.4) is 0 Å². The minimum absolute atomic E-state index is 0.239. The fourth-order valence-corrected chi connectivity index (χ4v) is 3.19. The second-order valence-corrected chi connectivity index (χ2v) is 7.01. The number of aryl methyl sites for hydroxylation is 1. The fourth-order valence-electron chi connectivity index (χ4n) is 3.19. The van der Waals surface area contributed by atoms with E-state index in [0.29, 0.717) is 0 Å². The zero-order chi connectivity index (χ0) is 21.1. The molecule has 0 fully saturated rings. The molecular formula is C23H19F3N4. The number of aromatic nitrogens is 2. The summed E-state index contributed by atoms with van der Waals surface area (Å²) in [6.07, 6.45) is 0.0303. The van der Waals surface area contributed by atoms with Crippen molar-refractivity contribution < 1.29 is 13.2 Å². The van der Waals surface area contributed by atoms with Gasteiger partial charge in [0.1, 0.15) is 5.82 Å². The Balaban J connectivity index is 1.54. The van der Waals surface area contributed by atoms with E-state index >= 15 is 0 Å². The van der Waals surface area contributed by atoms with Crippen LogP contribution in [0, 0.1) is 6.92 Å². The van der Waals surface area contributed by atoms with Gasteiger partial charge < -0.3 is 4.57 Å². The van der Waals surface area contributed by atoms with Crippen LogP contribution in [0.2, 0.25) is 0 Å². The van der Waals surface area contributed by atoms with Crippen LogP contribution >= 0.6 is 0 Å². The number of nitrogens with zero attached hydrogens (tertiary/aromatic N) is 3. The number of halogens is 3. The average Bonchev–Trinajstić information content (AvgIpc) is 3.07. The summed E-state index contributed by atoms with van der Waals surface area (Å²) in [4.78, 5) is 3.76. The molecule has 4 rings (SSSR count). The molecule has 0 unspecified atom stereocenters. The number of hydrogen-bond donors (Lipinski definition) is 1. The third kappa shape index (κ3) is 4.35. The van der Waals surface area contributed by atoms with Gasteiger partial charge in [-0.25, -0.2) is 4.98 Å². The highest BCUT2D eigenvalue weighted by molar-refractivity contribution is 5.99. The molecule has 2 heterocycles. The Hall–Kier alpha value is -3.61. The number of alkyl halides is 3. The Bertz CT molecular complexity index is 1170. The van der Waals surface area contributed by atoms with Crippen molar-refractivity contribution in [2.45, 2.75) is 19.6 Å². The van der Waals surface area contributed by atoms with E-state index in [4.69, 9.17) is 0 Å². The van der Waals surface area contributed by atoms with Gasteiger partial charge in [0.25, 0.3) is 0 Å². The van der Waals surface area contributed by atoms with Gasteiger partial charge in [-0.3, -0.25) is 5.43 Å². The van der Waals surface area contributed by atoms with Crippen molar-refractivity contribution in [2.24, 2.45) is 5.10 Å². The molecule has 2 aromatic heterocycles. The summed E-state index contributed by atoms with van der Waals surface area (Å²) in [6.45, 7) is 2.78. The van der Waals surface area contributed by atoms with E-state index in [2.05, 4.69) is 51.3 Å². The topological polar surface area (TPSA) is 42.2 Å². The summed E-state index contributed by atoms with van der Waals surface area (Å²) in [6, 6.07) is 18.6. The highest BCUT2D eigenvalue weighted by Crippen LogP contribution is 2.28. The van der Waals surface area contributed by atoms with Gasteiger partial charge in [-0.15, -0.1) is 0 Å². The molecule has 7 heteroatoms. The highest BCUT2D eigenvalue weighted by Gasteiger charge is 2.30. The summed E-state index contributed by atoms with van der Waals surface area (Å²) in [5.41, 5.74) is 6.27. The van der Waals surface area contributed by atoms with Crippen molar-refractivity contribution in [3.05, 3.63) is 95.3 Å². The van der Waals surface area contributed by atoms with Gasteiger partial charge in [0, 0.05) is 35.4 Å². The van der Waals surface area contributed by atoms with Gasteiger partial charge in [0.2, 0.25) is 0 Å². The molecular weight excluding hydrogens is 389 g/mol. The van der Waals surface area contributed by atoms with Crippen LogP contribution in [0.4, 0.5) is 19.0 Å². The van der Waals surface area contributed by atoms with Gasteiger partial charge in [-0.1, -0.05) is 48.0 Å². The molecule has 152 valence electrons. The standard InChI is InChI=1S/C23H19F3N4/c1-16-6-8-17(9-7-16)14-30-15-18(20-4-2-3-5-21(20)30)12-28-29-22-11-10-19(13-27-22)23(24,25)26/h2-13,15H,14H2,1H3,(H,27,29)/b28-12-. The maximum Gasteiger partial charge on any atom is 0.417 e. The molecule has 4 nitrogen and oxygen atoms in total. The lowest BCUT2D eigenvalue weighted by molar-refractivity contribution is -0.137. The molecule has 0 radical (unpaired) electrons. The first-order valence-electron chi connectivity index (χ1n) is 9.36. The SMILES string of the molecule is Cc1ccc(Cn2cc(/C=N\Nc3ccc(C(F)(F)F)cn3)c3ccccc32)cc1. The minimum Gasteiger partial charge on any atom is -0.342 e. The van der Waals surface area contributed by atoms with Crippen molar-refractivity contribution in [3.63, 3.8) is 0 Å². The van der Waals surface area contributed by atoms with E-state index in [0.717, 1.165) is 35.3 Å². The highest BCUT2D eigenvalue weighted by atomic mass is 19.4. The lowest BCUT2D eigenvalue weighted by atomic mass is 10.1. The van der Waals surface area contributed by atoms with Crippen molar-refractivity contribution in [3.8, 4) is 0 Å². The number of fused-ring (bicyclic) bond motifs is 1. The van der Waals surface area contributed by atoms with E-state index in [1.165, 1.54) is 17.2 Å². The van der Waals surface area contributed by atoms with E-state index in [9.17, 15) is 13.2 Å². The summed E-state index contributed by atoms with van der Waals surface area (Å²) in [7, 11) is 0. The first kappa shape index (κ1) is 19.7. The van der Waals surface area contributed by atoms with Gasteiger partial charge in [0.05, 0.1) is 11.8 Å². The molecule has 0 bridgehead atoms. The lowest BCUT2D eigenvalue weighted by Crippen LogP contribution is -2.05. The predicted molar refractivity (Wildman–Crippen MR) is 113 cm³/mol. The monoisotopic (exact) mass is 408 g/mol. The molecule has 0 amide bonds. The Kier molecular flexibility index (Phi) is 5.27. The largest absolute Gasteiger partial charge is 0.417 e. The van der Waals surface area contributed by atoms with Gasteiger partial charge in [0.15, 0.2) is 0 Å². The number of hydrazone groups is 1. The van der Waals surface area contributed by atoms with E-state index in [1.807, 2.05) is 30.5 Å². The Morgan fingerprint density at radius 2 is 1.80 bits per heavy atom. The lowest BCUT2D eigenvalue weighted by Gasteiger charge is -2.06. The van der Waals surface area contributed by atoms with Crippen molar-refractivity contribution >= 4 is 22.9 Å². The molecule has 1 N–H and O–H groups in total. The molecule has 0 aliphatic rings. The molecule has 2 aromatic carbocycles. The number of para-hydroxylation sites is 1. The molecule has 0 saturated heterocycles. The summed E-state index contributed by atoms with van der Waals surface area (Å²) < 4.78 is 40.0. The average molecular weight is 408 g/mol. The summed E-state index contributed by atoms with van der Waals surface area (Å²) in [5, 5.41) is 5.19. The van der Waals surface area contributed by atoms with Gasteiger partial charge in [-0.2, -0.15) is 18.3 Å². The van der Waals surface area contributed by atoms with Crippen LogP contribution in [0.15, 0.2) is 78.2 Å². The van der Waals surface area contributed by atoms with Crippen molar-refractivity contribution in [2.75, 3.05) is 5.43 Å². The van der Waals surface area contributed by atoms with Crippen LogP contribution in [0.25, 0.3) is 10.9 Å². The number of benzene rings is 2. The molecule has 0 saturated carbocycles. The maximum absolute atomic E-state index is 12.6. The molecule has 0 atom stereocenters. The van der Waals surface area contributed by atoms with Crippen LogP contribution < -0.4 is 5.43 Å². The minimum atomic E-state index is -4.41. The molecule has 30 heavy (non-hydrogen) atoms. The number of anilines is 1. The Labute approximate surface area is 171 Å². The van der Waals surface area contributed by atoms with Gasteiger partial charge >= 0.3 is 6.18 Å². The second kappa shape index (κ2) is 8.02. The predicted octanol–water partition coefficient (Wildman–Crippen LogP) is 5.86. The summed E-state index contributed by atoms with van der Waals surface area (Å²) >= 11 is 0. The van der Waals surface area contributed by atoms with Crippen molar-refractivity contribution in [1.29, 1.82) is 0 Å². The van der Waals surface area contributed by atoms with Crippen LogP contribution in [0.1, 0.15) is 22.3 Å². The quantitative estimate of drug-likeness (QED) is 0.332.